The maximum atomic E-state index is 12.9. The lowest BCUT2D eigenvalue weighted by Crippen LogP contribution is -2.46. The van der Waals surface area contributed by atoms with Crippen LogP contribution in [0.2, 0.25) is 0 Å². The van der Waals surface area contributed by atoms with E-state index in [0.717, 1.165) is 18.0 Å². The number of aliphatic hydroxyl groups excluding tert-OH is 1. The van der Waals surface area contributed by atoms with Crippen molar-refractivity contribution in [1.29, 1.82) is 0 Å². The minimum Gasteiger partial charge on any atom is -0.396 e. The van der Waals surface area contributed by atoms with Crippen molar-refractivity contribution in [2.45, 2.75) is 5.54 Å². The van der Waals surface area contributed by atoms with E-state index in [1.165, 1.54) is 0 Å². The minimum absolute atomic E-state index is 0.0451. The zero-order chi connectivity index (χ0) is 14.9. The van der Waals surface area contributed by atoms with E-state index in [9.17, 15) is 9.50 Å². The van der Waals surface area contributed by atoms with E-state index in [4.69, 9.17) is 5.73 Å². The number of hydrogen-bond acceptors (Lipinski definition) is 6. The second kappa shape index (κ2) is 5.34. The Kier molecular flexibility index (Phi) is 3.52. The molecule has 2 aromatic heterocycles. The Labute approximate surface area is 121 Å². The topological polar surface area (TPSA) is 88.2 Å². The van der Waals surface area contributed by atoms with Gasteiger partial charge in [0.05, 0.1) is 17.9 Å². The smallest absolute Gasteiger partial charge is 0.225 e. The summed E-state index contributed by atoms with van der Waals surface area (Å²) >= 11 is 0. The number of anilines is 1. The van der Waals surface area contributed by atoms with Crippen LogP contribution in [0.4, 0.5) is 10.3 Å². The van der Waals surface area contributed by atoms with Crippen LogP contribution in [0.15, 0.2) is 36.9 Å². The van der Waals surface area contributed by atoms with Gasteiger partial charge in [-0.25, -0.2) is 14.4 Å². The molecule has 2 atom stereocenters. The molecule has 1 fully saturated rings. The van der Waals surface area contributed by atoms with Crippen LogP contribution in [0.3, 0.4) is 0 Å². The van der Waals surface area contributed by atoms with Crippen molar-refractivity contribution in [1.82, 2.24) is 15.0 Å². The van der Waals surface area contributed by atoms with Gasteiger partial charge >= 0.3 is 0 Å². The molecule has 0 radical (unpaired) electrons. The highest BCUT2D eigenvalue weighted by atomic mass is 19.1. The van der Waals surface area contributed by atoms with Crippen molar-refractivity contribution in [3.8, 4) is 0 Å². The van der Waals surface area contributed by atoms with Crippen molar-refractivity contribution >= 4 is 5.95 Å². The highest BCUT2D eigenvalue weighted by Crippen LogP contribution is 2.35. The fourth-order valence-electron chi connectivity index (χ4n) is 2.77. The molecule has 3 heterocycles. The zero-order valence-corrected chi connectivity index (χ0v) is 11.4. The van der Waals surface area contributed by atoms with Gasteiger partial charge in [0.1, 0.15) is 0 Å². The molecule has 1 saturated heterocycles. The highest BCUT2D eigenvalue weighted by molar-refractivity contribution is 5.38. The number of hydrogen-bond donors (Lipinski definition) is 2. The lowest BCUT2D eigenvalue weighted by atomic mass is 9.82. The molecule has 7 heteroatoms. The Morgan fingerprint density at radius 1 is 1.33 bits per heavy atom. The lowest BCUT2D eigenvalue weighted by molar-refractivity contribution is 0.187. The molecule has 1 aliphatic heterocycles. The molecule has 0 bridgehead atoms. The van der Waals surface area contributed by atoms with Gasteiger partial charge in [0.2, 0.25) is 5.95 Å². The maximum Gasteiger partial charge on any atom is 0.225 e. The summed E-state index contributed by atoms with van der Waals surface area (Å²) in [5, 5.41) is 9.65. The van der Waals surface area contributed by atoms with Gasteiger partial charge in [0, 0.05) is 38.0 Å². The number of pyridine rings is 1. The van der Waals surface area contributed by atoms with Crippen molar-refractivity contribution in [2.75, 3.05) is 24.6 Å². The van der Waals surface area contributed by atoms with E-state index in [2.05, 4.69) is 15.0 Å². The molecule has 0 spiro atoms. The highest BCUT2D eigenvalue weighted by Gasteiger charge is 2.45. The van der Waals surface area contributed by atoms with Crippen LogP contribution in [-0.2, 0) is 5.54 Å². The fraction of sp³-hybridized carbons (Fsp3) is 0.357. The number of aliphatic hydroxyl groups is 1. The molecule has 0 aliphatic carbocycles. The predicted molar refractivity (Wildman–Crippen MR) is 74.9 cm³/mol. The predicted octanol–water partition coefficient (Wildman–Crippen LogP) is 0.293. The van der Waals surface area contributed by atoms with Crippen LogP contribution < -0.4 is 10.6 Å². The molecule has 0 amide bonds. The van der Waals surface area contributed by atoms with E-state index < -0.39 is 11.4 Å². The Hall–Kier alpha value is -2.12. The molecule has 1 aliphatic rings. The summed E-state index contributed by atoms with van der Waals surface area (Å²) in [4.78, 5) is 13.8. The van der Waals surface area contributed by atoms with Crippen LogP contribution in [-0.4, -0.2) is 39.8 Å². The van der Waals surface area contributed by atoms with E-state index >= 15 is 0 Å². The number of halogens is 1. The number of rotatable bonds is 3. The largest absolute Gasteiger partial charge is 0.396 e. The SMILES string of the molecule is NC1(c2ccncc2)CN(c2ncc(F)cn2)CC1CO. The molecule has 110 valence electrons. The van der Waals surface area contributed by atoms with E-state index in [-0.39, 0.29) is 12.5 Å². The Bertz CT molecular complexity index is 609. The summed E-state index contributed by atoms with van der Waals surface area (Å²) in [5.41, 5.74) is 6.72. The summed E-state index contributed by atoms with van der Waals surface area (Å²) in [6.07, 6.45) is 5.60. The maximum absolute atomic E-state index is 12.9. The molecule has 2 aromatic rings. The quantitative estimate of drug-likeness (QED) is 0.844. The molecule has 0 saturated carbocycles. The molecule has 21 heavy (non-hydrogen) atoms. The van der Waals surface area contributed by atoms with Gasteiger partial charge in [0.15, 0.2) is 5.82 Å². The van der Waals surface area contributed by atoms with Crippen LogP contribution in [0.25, 0.3) is 0 Å². The third kappa shape index (κ3) is 2.45. The van der Waals surface area contributed by atoms with Crippen LogP contribution in [0.5, 0.6) is 0 Å². The first-order chi connectivity index (χ1) is 10.1. The molecule has 3 rings (SSSR count). The summed E-state index contributed by atoms with van der Waals surface area (Å²) in [6.45, 7) is 0.922. The third-order valence-electron chi connectivity index (χ3n) is 3.95. The first-order valence-electron chi connectivity index (χ1n) is 6.66. The zero-order valence-electron chi connectivity index (χ0n) is 11.4. The number of nitrogens with zero attached hydrogens (tertiary/aromatic N) is 4. The first kappa shape index (κ1) is 13.8. The van der Waals surface area contributed by atoms with E-state index in [1.807, 2.05) is 17.0 Å². The van der Waals surface area contributed by atoms with Gasteiger partial charge in [-0.3, -0.25) is 4.98 Å². The number of nitrogens with two attached hydrogens (primary N) is 1. The van der Waals surface area contributed by atoms with Gasteiger partial charge in [-0.2, -0.15) is 0 Å². The monoisotopic (exact) mass is 289 g/mol. The van der Waals surface area contributed by atoms with Crippen molar-refractivity contribution in [2.24, 2.45) is 11.7 Å². The normalized spacial score (nSPS) is 25.3. The first-order valence-corrected chi connectivity index (χ1v) is 6.66. The average Bonchev–Trinajstić information content (AvgIpc) is 2.87. The Morgan fingerprint density at radius 3 is 2.62 bits per heavy atom. The van der Waals surface area contributed by atoms with E-state index in [1.54, 1.807) is 12.4 Å². The molecular formula is C14H16FN5O. The average molecular weight is 289 g/mol. The summed E-state index contributed by atoms with van der Waals surface area (Å²) in [6, 6.07) is 3.69. The van der Waals surface area contributed by atoms with Crippen molar-refractivity contribution < 1.29 is 9.50 Å². The summed E-state index contributed by atoms with van der Waals surface area (Å²) < 4.78 is 12.9. The van der Waals surface area contributed by atoms with Gasteiger partial charge in [-0.05, 0) is 17.7 Å². The van der Waals surface area contributed by atoms with Crippen molar-refractivity contribution in [3.63, 3.8) is 0 Å². The van der Waals surface area contributed by atoms with Gasteiger partial charge in [-0.1, -0.05) is 0 Å². The molecule has 0 aromatic carbocycles. The second-order valence-electron chi connectivity index (χ2n) is 5.24. The van der Waals surface area contributed by atoms with Crippen molar-refractivity contribution in [3.05, 3.63) is 48.3 Å². The third-order valence-corrected chi connectivity index (χ3v) is 3.95. The second-order valence-corrected chi connectivity index (χ2v) is 5.24. The Balaban J connectivity index is 1.91. The molecule has 3 N–H and O–H groups in total. The van der Waals surface area contributed by atoms with Crippen LogP contribution >= 0.6 is 0 Å². The molecular weight excluding hydrogens is 273 g/mol. The van der Waals surface area contributed by atoms with Crippen LogP contribution in [0, 0.1) is 11.7 Å². The van der Waals surface area contributed by atoms with Gasteiger partial charge in [-0.15, -0.1) is 0 Å². The standard InChI is InChI=1S/C14H16FN5O/c15-12-5-18-13(19-6-12)20-7-11(8-21)14(16,9-20)10-1-3-17-4-2-10/h1-6,11,21H,7-9,16H2. The lowest BCUT2D eigenvalue weighted by Gasteiger charge is -2.29. The number of aromatic nitrogens is 3. The molecule has 2 unspecified atom stereocenters. The minimum atomic E-state index is -0.713. The molecule has 6 nitrogen and oxygen atoms in total. The van der Waals surface area contributed by atoms with E-state index in [0.29, 0.717) is 19.0 Å². The fourth-order valence-corrected chi connectivity index (χ4v) is 2.77. The van der Waals surface area contributed by atoms with Gasteiger partial charge < -0.3 is 15.7 Å². The summed E-state index contributed by atoms with van der Waals surface area (Å²) in [7, 11) is 0. The Morgan fingerprint density at radius 2 is 2.00 bits per heavy atom. The van der Waals surface area contributed by atoms with Gasteiger partial charge in [0.25, 0.3) is 0 Å². The van der Waals surface area contributed by atoms with Crippen LogP contribution in [0.1, 0.15) is 5.56 Å². The summed E-state index contributed by atoms with van der Waals surface area (Å²) in [5.74, 6) is -0.227.